The van der Waals surface area contributed by atoms with Crippen molar-refractivity contribution in [1.29, 1.82) is 0 Å². The second-order valence-electron chi connectivity index (χ2n) is 5.34. The number of hydrogen-bond donors (Lipinski definition) is 1. The molecule has 1 N–H and O–H groups in total. The first-order valence-electron chi connectivity index (χ1n) is 7.31. The number of anilines is 1. The van der Waals surface area contributed by atoms with Gasteiger partial charge in [-0.2, -0.15) is 5.10 Å². The van der Waals surface area contributed by atoms with E-state index in [2.05, 4.69) is 46.7 Å². The maximum atomic E-state index is 6.04. The number of rotatable bonds is 4. The van der Waals surface area contributed by atoms with E-state index in [1.54, 1.807) is 12.1 Å². The third-order valence-electron chi connectivity index (χ3n) is 3.51. The summed E-state index contributed by atoms with van der Waals surface area (Å²) in [5.41, 5.74) is 7.97. The van der Waals surface area contributed by atoms with Crippen LogP contribution in [0.1, 0.15) is 18.1 Å². The molecule has 3 rings (SSSR count). The number of aryl methyl sites for hydroxylation is 1. The molecular weight excluding hydrogens is 361 g/mol. The van der Waals surface area contributed by atoms with Gasteiger partial charge in [0, 0.05) is 10.9 Å². The van der Waals surface area contributed by atoms with Gasteiger partial charge in [0.05, 0.1) is 21.5 Å². The average molecular weight is 376 g/mol. The highest BCUT2D eigenvalue weighted by Crippen LogP contribution is 2.26. The van der Waals surface area contributed by atoms with Crippen molar-refractivity contribution in [1.82, 2.24) is 4.98 Å². The lowest BCUT2D eigenvalue weighted by Gasteiger charge is -2.03. The van der Waals surface area contributed by atoms with E-state index < -0.39 is 0 Å². The number of hydrazone groups is 1. The van der Waals surface area contributed by atoms with Crippen molar-refractivity contribution in [3.8, 4) is 11.3 Å². The van der Waals surface area contributed by atoms with Crippen LogP contribution in [0.25, 0.3) is 11.3 Å². The third kappa shape index (κ3) is 3.96. The first-order valence-corrected chi connectivity index (χ1v) is 8.95. The molecule has 0 unspecified atom stereocenters. The largest absolute Gasteiger partial charge is 0.252 e. The minimum absolute atomic E-state index is 0.514. The molecule has 0 aliphatic rings. The summed E-state index contributed by atoms with van der Waals surface area (Å²) in [5.74, 6) is 0. The van der Waals surface area contributed by atoms with Gasteiger partial charge in [0.1, 0.15) is 0 Å². The molecule has 3 aromatic rings. The fourth-order valence-corrected chi connectivity index (χ4v) is 3.06. The fraction of sp³-hybridized carbons (Fsp3) is 0.111. The molecule has 0 radical (unpaired) electrons. The average Bonchev–Trinajstić information content (AvgIpc) is 3.05. The highest BCUT2D eigenvalue weighted by atomic mass is 35.5. The molecule has 0 spiro atoms. The zero-order valence-corrected chi connectivity index (χ0v) is 15.5. The van der Waals surface area contributed by atoms with Crippen LogP contribution in [0.5, 0.6) is 0 Å². The summed E-state index contributed by atoms with van der Waals surface area (Å²) in [7, 11) is 0. The number of halogens is 2. The molecule has 3 nitrogen and oxygen atoms in total. The molecule has 2 aromatic carbocycles. The highest BCUT2D eigenvalue weighted by molar-refractivity contribution is 7.14. The van der Waals surface area contributed by atoms with Gasteiger partial charge in [-0.25, -0.2) is 4.98 Å². The first-order chi connectivity index (χ1) is 11.5. The Kier molecular flexibility index (Phi) is 5.19. The zero-order chi connectivity index (χ0) is 17.1. The SMILES string of the molecule is C/C(=N/Nc1nc(-c2ccc(C)cc2)cs1)c1ccc(Cl)c(Cl)c1. The number of nitrogens with one attached hydrogen (secondary N) is 1. The standard InChI is InChI=1S/C18H15Cl2N3S/c1-11-3-5-13(6-4-11)17-10-24-18(21-17)23-22-12(2)14-7-8-15(19)16(20)9-14/h3-10H,1-2H3,(H,21,23)/b22-12-. The first kappa shape index (κ1) is 17.0. The predicted molar refractivity (Wildman–Crippen MR) is 105 cm³/mol. The Morgan fingerprint density at radius 2 is 1.83 bits per heavy atom. The van der Waals surface area contributed by atoms with Crippen LogP contribution in [0, 0.1) is 6.92 Å². The van der Waals surface area contributed by atoms with Crippen molar-refractivity contribution in [3.05, 3.63) is 69.0 Å². The molecule has 0 amide bonds. The Morgan fingerprint density at radius 1 is 1.08 bits per heavy atom. The molecule has 24 heavy (non-hydrogen) atoms. The van der Waals surface area contributed by atoms with E-state index in [9.17, 15) is 0 Å². The molecule has 122 valence electrons. The van der Waals surface area contributed by atoms with E-state index in [0.29, 0.717) is 10.0 Å². The molecule has 0 bridgehead atoms. The Hall–Kier alpha value is -1.88. The number of thiazole rings is 1. The lowest BCUT2D eigenvalue weighted by molar-refractivity contribution is 1.27. The van der Waals surface area contributed by atoms with Crippen molar-refractivity contribution in [2.45, 2.75) is 13.8 Å². The van der Waals surface area contributed by atoms with Crippen LogP contribution in [-0.4, -0.2) is 10.7 Å². The molecule has 0 saturated heterocycles. The summed E-state index contributed by atoms with van der Waals surface area (Å²) >= 11 is 13.5. The van der Waals surface area contributed by atoms with E-state index in [1.165, 1.54) is 16.9 Å². The normalized spacial score (nSPS) is 11.6. The highest BCUT2D eigenvalue weighted by Gasteiger charge is 2.05. The van der Waals surface area contributed by atoms with Gasteiger partial charge < -0.3 is 0 Å². The van der Waals surface area contributed by atoms with E-state index in [4.69, 9.17) is 23.2 Å². The maximum absolute atomic E-state index is 6.04. The Morgan fingerprint density at radius 3 is 2.54 bits per heavy atom. The summed E-state index contributed by atoms with van der Waals surface area (Å²) < 4.78 is 0. The summed E-state index contributed by atoms with van der Waals surface area (Å²) in [6.45, 7) is 3.97. The number of aromatic nitrogens is 1. The van der Waals surface area contributed by atoms with Gasteiger partial charge in [-0.05, 0) is 31.5 Å². The monoisotopic (exact) mass is 375 g/mol. The van der Waals surface area contributed by atoms with Gasteiger partial charge in [-0.15, -0.1) is 11.3 Å². The number of hydrogen-bond acceptors (Lipinski definition) is 4. The smallest absolute Gasteiger partial charge is 0.203 e. The zero-order valence-electron chi connectivity index (χ0n) is 13.2. The maximum Gasteiger partial charge on any atom is 0.203 e. The van der Waals surface area contributed by atoms with Crippen molar-refractivity contribution in [2.24, 2.45) is 5.10 Å². The van der Waals surface area contributed by atoms with Crippen LogP contribution in [0.3, 0.4) is 0 Å². The van der Waals surface area contributed by atoms with Gasteiger partial charge >= 0.3 is 0 Å². The summed E-state index contributed by atoms with van der Waals surface area (Å²) in [6.07, 6.45) is 0. The van der Waals surface area contributed by atoms with Gasteiger partial charge in [0.15, 0.2) is 0 Å². The van der Waals surface area contributed by atoms with Crippen LogP contribution in [0.15, 0.2) is 52.9 Å². The second kappa shape index (κ2) is 7.34. The molecule has 1 aromatic heterocycles. The van der Waals surface area contributed by atoms with E-state index in [-0.39, 0.29) is 0 Å². The Balaban J connectivity index is 1.74. The summed E-state index contributed by atoms with van der Waals surface area (Å²) in [4.78, 5) is 4.56. The number of nitrogens with zero attached hydrogens (tertiary/aromatic N) is 2. The van der Waals surface area contributed by atoms with Crippen molar-refractivity contribution >= 4 is 45.4 Å². The second-order valence-corrected chi connectivity index (χ2v) is 7.01. The van der Waals surface area contributed by atoms with Crippen molar-refractivity contribution in [2.75, 3.05) is 5.43 Å². The van der Waals surface area contributed by atoms with Crippen LogP contribution in [0.2, 0.25) is 10.0 Å². The quantitative estimate of drug-likeness (QED) is 0.431. The molecule has 0 aliphatic heterocycles. The number of benzene rings is 2. The summed E-state index contributed by atoms with van der Waals surface area (Å²) in [5, 5.41) is 8.17. The van der Waals surface area contributed by atoms with E-state index in [0.717, 1.165) is 27.7 Å². The third-order valence-corrected chi connectivity index (χ3v) is 4.99. The lowest BCUT2D eigenvalue weighted by Crippen LogP contribution is -1.99. The minimum atomic E-state index is 0.514. The van der Waals surface area contributed by atoms with Gasteiger partial charge in [-0.3, -0.25) is 5.43 Å². The Bertz CT molecular complexity index is 886. The van der Waals surface area contributed by atoms with Crippen molar-refractivity contribution < 1.29 is 0 Å². The molecule has 0 atom stereocenters. The van der Waals surface area contributed by atoms with Gasteiger partial charge in [0.2, 0.25) is 5.13 Å². The van der Waals surface area contributed by atoms with Crippen LogP contribution < -0.4 is 5.43 Å². The summed E-state index contributed by atoms with van der Waals surface area (Å²) in [6, 6.07) is 13.7. The Labute approximate surface area is 155 Å². The molecule has 1 heterocycles. The molecule has 6 heteroatoms. The van der Waals surface area contributed by atoms with E-state index >= 15 is 0 Å². The van der Waals surface area contributed by atoms with Crippen LogP contribution in [-0.2, 0) is 0 Å². The van der Waals surface area contributed by atoms with Gasteiger partial charge in [0.25, 0.3) is 0 Å². The molecule has 0 saturated carbocycles. The lowest BCUT2D eigenvalue weighted by atomic mass is 10.1. The van der Waals surface area contributed by atoms with E-state index in [1.807, 2.05) is 18.4 Å². The predicted octanol–water partition coefficient (Wildman–Crippen LogP) is 6.26. The topological polar surface area (TPSA) is 37.3 Å². The molecular formula is C18H15Cl2N3S. The fourth-order valence-electron chi connectivity index (χ4n) is 2.10. The molecule has 0 aliphatic carbocycles. The van der Waals surface area contributed by atoms with Crippen LogP contribution >= 0.6 is 34.5 Å². The minimum Gasteiger partial charge on any atom is -0.252 e. The molecule has 0 fully saturated rings. The van der Waals surface area contributed by atoms with Crippen molar-refractivity contribution in [3.63, 3.8) is 0 Å². The van der Waals surface area contributed by atoms with Crippen LogP contribution in [0.4, 0.5) is 5.13 Å². The van der Waals surface area contributed by atoms with Gasteiger partial charge in [-0.1, -0.05) is 59.1 Å².